The zero-order valence-electron chi connectivity index (χ0n) is 10.9. The van der Waals surface area contributed by atoms with Crippen LogP contribution in [0.1, 0.15) is 41.6 Å². The van der Waals surface area contributed by atoms with Gasteiger partial charge >= 0.3 is 0 Å². The number of benzene rings is 1. The molecule has 0 radical (unpaired) electrons. The molecule has 18 heavy (non-hydrogen) atoms. The molecule has 1 amide bonds. The quantitative estimate of drug-likeness (QED) is 0.748. The van der Waals surface area contributed by atoms with Crippen LogP contribution in [0.25, 0.3) is 0 Å². The SMILES string of the molecule is Cc1ccccc1C(=O)N1CCCCCC1CCl. The Labute approximate surface area is 114 Å². The molecule has 2 nitrogen and oxygen atoms in total. The van der Waals surface area contributed by atoms with Crippen molar-refractivity contribution in [3.63, 3.8) is 0 Å². The smallest absolute Gasteiger partial charge is 0.254 e. The van der Waals surface area contributed by atoms with Crippen LogP contribution in [0.15, 0.2) is 24.3 Å². The summed E-state index contributed by atoms with van der Waals surface area (Å²) in [5, 5.41) is 0. The highest BCUT2D eigenvalue weighted by atomic mass is 35.5. The third kappa shape index (κ3) is 2.86. The summed E-state index contributed by atoms with van der Waals surface area (Å²) < 4.78 is 0. The second-order valence-corrected chi connectivity index (χ2v) is 5.28. The predicted octanol–water partition coefficient (Wildman–Crippen LogP) is 3.62. The molecule has 1 unspecified atom stereocenters. The highest BCUT2D eigenvalue weighted by molar-refractivity contribution is 6.18. The Morgan fingerprint density at radius 3 is 2.83 bits per heavy atom. The molecule has 1 aliphatic heterocycles. The van der Waals surface area contributed by atoms with Crippen molar-refractivity contribution in [3.8, 4) is 0 Å². The zero-order chi connectivity index (χ0) is 13.0. The van der Waals surface area contributed by atoms with E-state index in [0.29, 0.717) is 5.88 Å². The number of amides is 1. The van der Waals surface area contributed by atoms with Gasteiger partial charge in [0.2, 0.25) is 0 Å². The second kappa shape index (κ2) is 6.24. The molecule has 1 atom stereocenters. The molecule has 1 fully saturated rings. The third-order valence-electron chi connectivity index (χ3n) is 3.69. The van der Waals surface area contributed by atoms with Crippen molar-refractivity contribution in [1.29, 1.82) is 0 Å². The molecular formula is C15H20ClNO. The highest BCUT2D eigenvalue weighted by Crippen LogP contribution is 2.21. The van der Waals surface area contributed by atoms with Gasteiger partial charge in [-0.25, -0.2) is 0 Å². The van der Waals surface area contributed by atoms with E-state index in [2.05, 4.69) is 0 Å². The zero-order valence-corrected chi connectivity index (χ0v) is 11.6. The number of likely N-dealkylation sites (tertiary alicyclic amines) is 1. The number of alkyl halides is 1. The number of hydrogen-bond donors (Lipinski definition) is 0. The van der Waals surface area contributed by atoms with Gasteiger partial charge in [0, 0.05) is 24.0 Å². The summed E-state index contributed by atoms with van der Waals surface area (Å²) in [6, 6.07) is 7.98. The molecule has 1 aromatic rings. The molecule has 2 rings (SSSR count). The van der Waals surface area contributed by atoms with Gasteiger partial charge in [-0.2, -0.15) is 0 Å². The Kier molecular flexibility index (Phi) is 4.65. The fourth-order valence-corrected chi connectivity index (χ4v) is 2.89. The molecule has 3 heteroatoms. The Morgan fingerprint density at radius 1 is 1.33 bits per heavy atom. The van der Waals surface area contributed by atoms with Crippen LogP contribution in [0.2, 0.25) is 0 Å². The van der Waals surface area contributed by atoms with Gasteiger partial charge in [0.15, 0.2) is 0 Å². The number of halogens is 1. The minimum Gasteiger partial charge on any atom is -0.334 e. The lowest BCUT2D eigenvalue weighted by Gasteiger charge is -2.29. The first-order valence-electron chi connectivity index (χ1n) is 6.66. The fourth-order valence-electron chi connectivity index (χ4n) is 2.57. The van der Waals surface area contributed by atoms with E-state index < -0.39 is 0 Å². The van der Waals surface area contributed by atoms with Crippen LogP contribution in [0.5, 0.6) is 0 Å². The van der Waals surface area contributed by atoms with E-state index in [0.717, 1.165) is 30.5 Å². The van der Waals surface area contributed by atoms with Crippen LogP contribution in [-0.4, -0.2) is 29.3 Å². The maximum Gasteiger partial charge on any atom is 0.254 e. The van der Waals surface area contributed by atoms with Gasteiger partial charge in [-0.05, 0) is 31.4 Å². The molecular weight excluding hydrogens is 246 g/mol. The Balaban J connectivity index is 2.23. The lowest BCUT2D eigenvalue weighted by atomic mass is 10.1. The van der Waals surface area contributed by atoms with Gasteiger partial charge in [0.1, 0.15) is 0 Å². The summed E-state index contributed by atoms with van der Waals surface area (Å²) in [6.45, 7) is 2.82. The van der Waals surface area contributed by atoms with Gasteiger partial charge in [-0.3, -0.25) is 4.79 Å². The molecule has 0 N–H and O–H groups in total. The predicted molar refractivity (Wildman–Crippen MR) is 75.2 cm³/mol. The lowest BCUT2D eigenvalue weighted by Crippen LogP contribution is -2.41. The molecule has 0 aromatic heterocycles. The van der Waals surface area contributed by atoms with Gasteiger partial charge in [0.05, 0.1) is 0 Å². The number of nitrogens with zero attached hydrogens (tertiary/aromatic N) is 1. The van der Waals surface area contributed by atoms with E-state index in [-0.39, 0.29) is 11.9 Å². The summed E-state index contributed by atoms with van der Waals surface area (Å²) in [6.07, 6.45) is 4.49. The normalized spacial score (nSPS) is 20.6. The number of carbonyl (C=O) groups excluding carboxylic acids is 1. The van der Waals surface area contributed by atoms with Crippen LogP contribution in [0.3, 0.4) is 0 Å². The average Bonchev–Trinajstić information content (AvgIpc) is 2.63. The van der Waals surface area contributed by atoms with Crippen LogP contribution < -0.4 is 0 Å². The topological polar surface area (TPSA) is 20.3 Å². The first-order valence-corrected chi connectivity index (χ1v) is 7.20. The van der Waals surface area contributed by atoms with Gasteiger partial charge in [-0.15, -0.1) is 11.6 Å². The monoisotopic (exact) mass is 265 g/mol. The highest BCUT2D eigenvalue weighted by Gasteiger charge is 2.26. The standard InChI is InChI=1S/C15H20ClNO/c1-12-7-4-5-9-14(12)15(18)17-10-6-2-3-8-13(17)11-16/h4-5,7,9,13H,2-3,6,8,10-11H2,1H3. The number of rotatable bonds is 2. The van der Waals surface area contributed by atoms with E-state index in [4.69, 9.17) is 11.6 Å². The first kappa shape index (κ1) is 13.4. The van der Waals surface area contributed by atoms with Gasteiger partial charge in [0.25, 0.3) is 5.91 Å². The Morgan fingerprint density at radius 2 is 2.11 bits per heavy atom. The number of hydrogen-bond acceptors (Lipinski definition) is 1. The summed E-state index contributed by atoms with van der Waals surface area (Å²) in [4.78, 5) is 14.6. The average molecular weight is 266 g/mol. The molecule has 0 saturated carbocycles. The van der Waals surface area contributed by atoms with Crippen LogP contribution in [0, 0.1) is 6.92 Å². The minimum absolute atomic E-state index is 0.139. The van der Waals surface area contributed by atoms with E-state index in [1.165, 1.54) is 12.8 Å². The van der Waals surface area contributed by atoms with E-state index >= 15 is 0 Å². The van der Waals surface area contributed by atoms with Crippen LogP contribution in [0.4, 0.5) is 0 Å². The van der Waals surface area contributed by atoms with Gasteiger partial charge < -0.3 is 4.90 Å². The summed E-state index contributed by atoms with van der Waals surface area (Å²) in [7, 11) is 0. The summed E-state index contributed by atoms with van der Waals surface area (Å²) in [5.74, 6) is 0.679. The third-order valence-corrected chi connectivity index (χ3v) is 4.05. The molecule has 98 valence electrons. The van der Waals surface area contributed by atoms with Gasteiger partial charge in [-0.1, -0.05) is 31.0 Å². The molecule has 0 bridgehead atoms. The lowest BCUT2D eigenvalue weighted by molar-refractivity contribution is 0.0699. The summed E-state index contributed by atoms with van der Waals surface area (Å²) in [5.41, 5.74) is 1.86. The summed E-state index contributed by atoms with van der Waals surface area (Å²) >= 11 is 6.03. The van der Waals surface area contributed by atoms with Crippen molar-refractivity contribution >= 4 is 17.5 Å². The second-order valence-electron chi connectivity index (χ2n) is 4.97. The number of carbonyl (C=O) groups is 1. The van der Waals surface area contributed by atoms with E-state index in [1.807, 2.05) is 36.1 Å². The molecule has 1 aliphatic rings. The van der Waals surface area contributed by atoms with Crippen molar-refractivity contribution in [2.24, 2.45) is 0 Å². The van der Waals surface area contributed by atoms with Crippen molar-refractivity contribution in [3.05, 3.63) is 35.4 Å². The molecule has 1 heterocycles. The minimum atomic E-state index is 0.139. The Bertz CT molecular complexity index is 419. The van der Waals surface area contributed by atoms with Crippen molar-refractivity contribution in [2.45, 2.75) is 38.6 Å². The maximum atomic E-state index is 12.6. The van der Waals surface area contributed by atoms with E-state index in [1.54, 1.807) is 0 Å². The van der Waals surface area contributed by atoms with E-state index in [9.17, 15) is 4.79 Å². The molecule has 0 spiro atoms. The largest absolute Gasteiger partial charge is 0.334 e. The molecule has 0 aliphatic carbocycles. The first-order chi connectivity index (χ1) is 8.74. The fraction of sp³-hybridized carbons (Fsp3) is 0.533. The van der Waals surface area contributed by atoms with Crippen molar-refractivity contribution in [1.82, 2.24) is 4.90 Å². The Hall–Kier alpha value is -1.02. The molecule has 1 aromatic carbocycles. The number of aryl methyl sites for hydroxylation is 1. The van der Waals surface area contributed by atoms with Crippen LogP contribution >= 0.6 is 11.6 Å². The van der Waals surface area contributed by atoms with Crippen LogP contribution in [-0.2, 0) is 0 Å². The molecule has 1 saturated heterocycles. The van der Waals surface area contributed by atoms with Crippen molar-refractivity contribution < 1.29 is 4.79 Å². The van der Waals surface area contributed by atoms with Crippen molar-refractivity contribution in [2.75, 3.05) is 12.4 Å². The maximum absolute atomic E-state index is 12.6.